The Morgan fingerprint density at radius 3 is 2.34 bits per heavy atom. The van der Waals surface area contributed by atoms with Crippen molar-refractivity contribution >= 4 is 5.78 Å². The Labute approximate surface area is 241 Å². The molecule has 0 amide bonds. The number of nitrogens with one attached hydrogen (secondary N) is 1. The summed E-state index contributed by atoms with van der Waals surface area (Å²) in [5, 5.41) is 10.4. The van der Waals surface area contributed by atoms with E-state index in [1.807, 2.05) is 46.0 Å². The zero-order valence-corrected chi connectivity index (χ0v) is 24.6. The Morgan fingerprint density at radius 2 is 1.83 bits per heavy atom. The lowest BCUT2D eigenvalue weighted by Crippen LogP contribution is -2.31. The maximum atomic E-state index is 14.1. The minimum atomic E-state index is -2.63. The summed E-state index contributed by atoms with van der Waals surface area (Å²) in [6.45, 7) is 4.75. The van der Waals surface area contributed by atoms with Gasteiger partial charge in [0.15, 0.2) is 5.78 Å². The average Bonchev–Trinajstić information content (AvgIpc) is 3.38. The third-order valence-electron chi connectivity index (χ3n) is 7.66. The third-order valence-corrected chi connectivity index (χ3v) is 7.66. The molecule has 0 radical (unpaired) electrons. The van der Waals surface area contributed by atoms with Crippen LogP contribution in [0.1, 0.15) is 90.9 Å². The predicted molar refractivity (Wildman–Crippen MR) is 154 cm³/mol. The number of carbonyl (C=O) groups excluding carboxylic acids is 1. The largest absolute Gasteiger partial charge is 0.345 e. The fourth-order valence-electron chi connectivity index (χ4n) is 4.98. The van der Waals surface area contributed by atoms with Gasteiger partial charge in [-0.3, -0.25) is 4.79 Å². The van der Waals surface area contributed by atoms with Crippen molar-refractivity contribution in [3.63, 3.8) is 0 Å². The van der Waals surface area contributed by atoms with Crippen molar-refractivity contribution in [2.24, 2.45) is 13.0 Å². The number of hydrogen-bond donors (Lipinski definition) is 1. The molecule has 1 aromatic heterocycles. The van der Waals surface area contributed by atoms with E-state index in [2.05, 4.69) is 32.4 Å². The first-order valence-corrected chi connectivity index (χ1v) is 14.5. The molecule has 224 valence electrons. The lowest BCUT2D eigenvalue weighted by molar-refractivity contribution is -0.184. The number of alkyl halides is 2. The molecule has 0 unspecified atom stereocenters. The van der Waals surface area contributed by atoms with E-state index in [1.165, 1.54) is 30.4 Å². The minimum Gasteiger partial charge on any atom is -0.323 e. The number of nitrogens with zero attached hydrogens (tertiary/aromatic N) is 3. The topological polar surface area (TPSA) is 69.0 Å². The highest BCUT2D eigenvalue weighted by atomic mass is 19.3. The third kappa shape index (κ3) is 10.4. The molecule has 1 heterocycles. The van der Waals surface area contributed by atoms with Crippen molar-refractivity contribution < 1.29 is 22.7 Å². The van der Waals surface area contributed by atoms with E-state index in [9.17, 15) is 18.0 Å². The molecule has 41 heavy (non-hydrogen) atoms. The standard InChI is InChI=1S/C17H24FNO.C12H14F2O.C3H5N3/c1-3-14-15(17(20)4-2)8-13(9-16(14)18)11-19-10-12-6-5-7-12;1-8-3-2-4-9(5-8)10-6-11(7-10)15-12(13)14;1-6-2-4-5-3-6/h8-9,12,19H,3-7,10-11H2,1-2H3;2-5,10-12H,6-7H2,1H3;2-3H,1H3. The molecule has 0 saturated heterocycles. The molecule has 2 aliphatic rings. The summed E-state index contributed by atoms with van der Waals surface area (Å²) in [6, 6.07) is 11.6. The van der Waals surface area contributed by atoms with Crippen molar-refractivity contribution in [2.75, 3.05) is 6.54 Å². The fraction of sp³-hybridized carbons (Fsp3) is 0.531. The maximum absolute atomic E-state index is 14.1. The van der Waals surface area contributed by atoms with E-state index in [0.717, 1.165) is 18.0 Å². The van der Waals surface area contributed by atoms with Crippen LogP contribution in [0.3, 0.4) is 0 Å². The van der Waals surface area contributed by atoms with Crippen LogP contribution in [-0.2, 0) is 24.8 Å². The molecule has 2 aromatic carbocycles. The summed E-state index contributed by atoms with van der Waals surface area (Å²) in [7, 11) is 1.88. The van der Waals surface area contributed by atoms with Crippen molar-refractivity contribution in [3.8, 4) is 0 Å². The molecule has 6 nitrogen and oxygen atoms in total. The second kappa shape index (κ2) is 16.4. The Kier molecular flexibility index (Phi) is 13.0. The SMILES string of the molecule is CCC(=O)c1cc(CNCC2CCC2)cc(F)c1CC.Cc1cccc(C2CC(OC(F)F)C2)c1.Cn1cnnc1. The number of aryl methyl sites for hydroxylation is 2. The molecule has 0 aliphatic heterocycles. The van der Waals surface area contributed by atoms with E-state index < -0.39 is 6.61 Å². The van der Waals surface area contributed by atoms with Gasteiger partial charge in [0.05, 0.1) is 6.10 Å². The summed E-state index contributed by atoms with van der Waals surface area (Å²) in [4.78, 5) is 11.9. The summed E-state index contributed by atoms with van der Waals surface area (Å²) < 4.78 is 44.1. The summed E-state index contributed by atoms with van der Waals surface area (Å²) in [5.74, 6) is 0.967. The Morgan fingerprint density at radius 1 is 1.12 bits per heavy atom. The molecule has 0 atom stereocenters. The van der Waals surface area contributed by atoms with Gasteiger partial charge in [-0.1, -0.05) is 50.1 Å². The molecular formula is C32H43F3N4O2. The second-order valence-corrected chi connectivity index (χ2v) is 10.9. The van der Waals surface area contributed by atoms with Gasteiger partial charge in [-0.2, -0.15) is 8.78 Å². The highest BCUT2D eigenvalue weighted by Gasteiger charge is 2.32. The van der Waals surface area contributed by atoms with E-state index in [-0.39, 0.29) is 17.7 Å². The normalized spacial score (nSPS) is 18.0. The Hall–Kier alpha value is -3.04. The molecular weight excluding hydrogens is 529 g/mol. The Bertz CT molecular complexity index is 1210. The number of ketones is 1. The first-order valence-electron chi connectivity index (χ1n) is 14.5. The first-order chi connectivity index (χ1) is 19.7. The number of hydrogen-bond acceptors (Lipinski definition) is 5. The molecule has 2 fully saturated rings. The van der Waals surface area contributed by atoms with Gasteiger partial charge in [0.1, 0.15) is 18.5 Å². The van der Waals surface area contributed by atoms with Gasteiger partial charge in [-0.05, 0) is 86.2 Å². The van der Waals surface area contributed by atoms with Crippen LogP contribution in [0, 0.1) is 18.7 Å². The number of aromatic nitrogens is 3. The van der Waals surface area contributed by atoms with Crippen LogP contribution in [0.2, 0.25) is 0 Å². The van der Waals surface area contributed by atoms with E-state index in [0.29, 0.717) is 49.3 Å². The van der Waals surface area contributed by atoms with Crippen molar-refractivity contribution in [3.05, 3.63) is 82.7 Å². The maximum Gasteiger partial charge on any atom is 0.345 e. The zero-order chi connectivity index (χ0) is 29.8. The van der Waals surface area contributed by atoms with Gasteiger partial charge in [-0.25, -0.2) is 4.39 Å². The number of benzene rings is 2. The van der Waals surface area contributed by atoms with Crippen molar-refractivity contribution in [2.45, 2.75) is 90.9 Å². The zero-order valence-electron chi connectivity index (χ0n) is 24.6. The lowest BCUT2D eigenvalue weighted by atomic mass is 9.77. The van der Waals surface area contributed by atoms with Gasteiger partial charge in [0.25, 0.3) is 0 Å². The second-order valence-electron chi connectivity index (χ2n) is 10.9. The number of halogens is 3. The smallest absolute Gasteiger partial charge is 0.323 e. The predicted octanol–water partition coefficient (Wildman–Crippen LogP) is 7.17. The van der Waals surface area contributed by atoms with Crippen LogP contribution < -0.4 is 5.32 Å². The van der Waals surface area contributed by atoms with Gasteiger partial charge in [0, 0.05) is 25.6 Å². The highest BCUT2D eigenvalue weighted by Crippen LogP contribution is 2.39. The van der Waals surface area contributed by atoms with E-state index >= 15 is 0 Å². The minimum absolute atomic E-state index is 0.0293. The van der Waals surface area contributed by atoms with E-state index in [4.69, 9.17) is 0 Å². The van der Waals surface area contributed by atoms with Crippen LogP contribution >= 0.6 is 0 Å². The van der Waals surface area contributed by atoms with Crippen molar-refractivity contribution in [1.29, 1.82) is 0 Å². The van der Waals surface area contributed by atoms with Crippen LogP contribution in [0.25, 0.3) is 0 Å². The summed E-state index contributed by atoms with van der Waals surface area (Å²) in [6.07, 6.45) is 9.37. The average molecular weight is 573 g/mol. The van der Waals surface area contributed by atoms with Gasteiger partial charge < -0.3 is 14.6 Å². The molecule has 3 aromatic rings. The fourth-order valence-corrected chi connectivity index (χ4v) is 4.98. The van der Waals surface area contributed by atoms with E-state index in [1.54, 1.807) is 23.3 Å². The Balaban J connectivity index is 0.000000192. The summed E-state index contributed by atoms with van der Waals surface area (Å²) >= 11 is 0. The lowest BCUT2D eigenvalue weighted by Gasteiger charge is -2.35. The molecule has 1 N–H and O–H groups in total. The first kappa shape index (κ1) is 32.5. The van der Waals surface area contributed by atoms with Crippen LogP contribution in [0.5, 0.6) is 0 Å². The molecule has 2 aliphatic carbocycles. The van der Waals surface area contributed by atoms with Gasteiger partial charge >= 0.3 is 6.61 Å². The van der Waals surface area contributed by atoms with Crippen LogP contribution in [-0.4, -0.2) is 39.8 Å². The monoisotopic (exact) mass is 572 g/mol. The van der Waals surface area contributed by atoms with Crippen LogP contribution in [0.4, 0.5) is 13.2 Å². The highest BCUT2D eigenvalue weighted by molar-refractivity contribution is 5.97. The number of carbonyl (C=O) groups is 1. The number of ether oxygens (including phenoxy) is 1. The van der Waals surface area contributed by atoms with Gasteiger partial charge in [-0.15, -0.1) is 10.2 Å². The summed E-state index contributed by atoms with van der Waals surface area (Å²) in [5.41, 5.74) is 4.45. The van der Waals surface area contributed by atoms with Crippen molar-refractivity contribution in [1.82, 2.24) is 20.1 Å². The molecule has 0 bridgehead atoms. The number of Topliss-reactive ketones (excluding diaryl/α,β-unsaturated/α-hetero) is 1. The quantitative estimate of drug-likeness (QED) is 0.261. The van der Waals surface area contributed by atoms with Crippen LogP contribution in [0.15, 0.2) is 49.1 Å². The molecule has 2 saturated carbocycles. The molecule has 9 heteroatoms. The van der Waals surface area contributed by atoms with Gasteiger partial charge in [0.2, 0.25) is 0 Å². The molecule has 5 rings (SSSR count). The number of rotatable bonds is 10. The molecule has 0 spiro atoms.